The highest BCUT2D eigenvalue weighted by molar-refractivity contribution is 6.65. The lowest BCUT2D eigenvalue weighted by molar-refractivity contribution is -0.0893. The van der Waals surface area contributed by atoms with E-state index in [4.69, 9.17) is 19.1 Å². The third-order valence-corrected chi connectivity index (χ3v) is 12.0. The molecular formula is C40H48B2O4+. The molecule has 2 aliphatic carbocycles. The Morgan fingerprint density at radius 3 is 1.83 bits per heavy atom. The van der Waals surface area contributed by atoms with Crippen LogP contribution in [0.3, 0.4) is 0 Å². The SMILES string of the molecule is CC1(C)c2cc([B]OC(C)(C)C(C)(C)[OH2+])ccc2-c2cc3c(cc21)-c1c(cc(B2OC(C)(C)C(C)(C)O2)c2ccccc12)C3(C)C. The van der Waals surface area contributed by atoms with Crippen molar-refractivity contribution in [2.24, 2.45) is 0 Å². The van der Waals surface area contributed by atoms with Gasteiger partial charge >= 0.3 is 14.6 Å². The molecule has 1 aliphatic heterocycles. The van der Waals surface area contributed by atoms with E-state index in [1.54, 1.807) is 0 Å². The van der Waals surface area contributed by atoms with Gasteiger partial charge in [0.25, 0.3) is 0 Å². The number of benzene rings is 4. The first-order valence-electron chi connectivity index (χ1n) is 16.7. The molecule has 3 aliphatic rings. The van der Waals surface area contributed by atoms with Gasteiger partial charge in [-0.3, -0.25) is 0 Å². The second-order valence-corrected chi connectivity index (χ2v) is 16.9. The molecule has 2 N–H and O–H groups in total. The summed E-state index contributed by atoms with van der Waals surface area (Å²) in [5.41, 5.74) is 10.2. The van der Waals surface area contributed by atoms with Crippen molar-refractivity contribution in [2.45, 2.75) is 116 Å². The molecule has 7 rings (SSSR count). The van der Waals surface area contributed by atoms with E-state index in [0.29, 0.717) is 0 Å². The van der Waals surface area contributed by atoms with Gasteiger partial charge in [0.05, 0.1) is 11.2 Å². The fourth-order valence-corrected chi connectivity index (χ4v) is 7.45. The van der Waals surface area contributed by atoms with Gasteiger partial charge in [-0.05, 0) is 114 Å². The van der Waals surface area contributed by atoms with E-state index in [2.05, 4.69) is 116 Å². The molecule has 0 spiro atoms. The second kappa shape index (κ2) is 9.60. The van der Waals surface area contributed by atoms with Crippen LogP contribution < -0.4 is 10.9 Å². The van der Waals surface area contributed by atoms with Gasteiger partial charge in [-0.2, -0.15) is 0 Å². The fraction of sp³-hybridized carbons (Fsp3) is 0.450. The van der Waals surface area contributed by atoms with Crippen molar-refractivity contribution in [3.05, 3.63) is 82.9 Å². The van der Waals surface area contributed by atoms with Crippen molar-refractivity contribution in [3.8, 4) is 22.3 Å². The lowest BCUT2D eigenvalue weighted by Gasteiger charge is -2.33. The minimum absolute atomic E-state index is 0.181. The lowest BCUT2D eigenvalue weighted by Crippen LogP contribution is -2.49. The number of fused-ring (bicyclic) bond motifs is 8. The van der Waals surface area contributed by atoms with Crippen molar-refractivity contribution < 1.29 is 19.1 Å². The van der Waals surface area contributed by atoms with Crippen molar-refractivity contribution in [3.63, 3.8) is 0 Å². The maximum atomic E-state index is 8.50. The van der Waals surface area contributed by atoms with E-state index in [-0.39, 0.29) is 10.8 Å². The summed E-state index contributed by atoms with van der Waals surface area (Å²) < 4.78 is 19.4. The topological polar surface area (TPSA) is 50.6 Å². The number of hydrogen-bond donors (Lipinski definition) is 0. The van der Waals surface area contributed by atoms with E-state index in [9.17, 15) is 0 Å². The lowest BCUT2D eigenvalue weighted by atomic mass is 9.72. The zero-order chi connectivity index (χ0) is 33.4. The molecule has 0 aromatic heterocycles. The number of hydrogen-bond acceptors (Lipinski definition) is 3. The molecule has 1 saturated heterocycles. The van der Waals surface area contributed by atoms with Crippen LogP contribution in [-0.2, 0) is 24.8 Å². The Morgan fingerprint density at radius 2 is 1.20 bits per heavy atom. The quantitative estimate of drug-likeness (QED) is 0.175. The Labute approximate surface area is 276 Å². The Hall–Kier alpha value is -2.89. The molecule has 237 valence electrons. The first-order chi connectivity index (χ1) is 21.2. The van der Waals surface area contributed by atoms with Crippen LogP contribution in [0.1, 0.15) is 105 Å². The summed E-state index contributed by atoms with van der Waals surface area (Å²) in [6, 6.07) is 22.7. The highest BCUT2D eigenvalue weighted by Gasteiger charge is 2.53. The summed E-state index contributed by atoms with van der Waals surface area (Å²) >= 11 is 0. The normalized spacial score (nSPS) is 20.0. The number of rotatable bonds is 5. The fourth-order valence-electron chi connectivity index (χ4n) is 7.45. The van der Waals surface area contributed by atoms with E-state index in [0.717, 1.165) is 10.9 Å². The molecule has 0 unspecified atom stereocenters. The molecule has 4 aromatic rings. The van der Waals surface area contributed by atoms with Gasteiger partial charge in [0.2, 0.25) is 0 Å². The second-order valence-electron chi connectivity index (χ2n) is 16.9. The van der Waals surface area contributed by atoms with Gasteiger partial charge in [-0.15, -0.1) is 0 Å². The molecule has 1 heterocycles. The summed E-state index contributed by atoms with van der Waals surface area (Å²) in [6.07, 6.45) is 0. The zero-order valence-electron chi connectivity index (χ0n) is 29.7. The molecule has 6 heteroatoms. The highest BCUT2D eigenvalue weighted by atomic mass is 16.7. The Morgan fingerprint density at radius 1 is 0.652 bits per heavy atom. The zero-order valence-corrected chi connectivity index (χ0v) is 29.7. The van der Waals surface area contributed by atoms with Crippen molar-refractivity contribution in [2.75, 3.05) is 0 Å². The minimum Gasteiger partial charge on any atom is -0.439 e. The van der Waals surface area contributed by atoms with Gasteiger partial charge in [0.15, 0.2) is 5.60 Å². The molecular weight excluding hydrogens is 566 g/mol. The van der Waals surface area contributed by atoms with Gasteiger partial charge in [0, 0.05) is 24.7 Å². The largest absolute Gasteiger partial charge is 0.495 e. The molecule has 0 saturated carbocycles. The van der Waals surface area contributed by atoms with E-state index >= 15 is 0 Å². The summed E-state index contributed by atoms with van der Waals surface area (Å²) in [5, 5.41) is 10.9. The predicted octanol–water partition coefficient (Wildman–Crippen LogP) is 7.29. The van der Waals surface area contributed by atoms with E-state index in [1.165, 1.54) is 55.3 Å². The minimum atomic E-state index is -0.728. The third kappa shape index (κ3) is 4.36. The Balaban J connectivity index is 1.34. The first-order valence-corrected chi connectivity index (χ1v) is 16.7. The molecule has 1 fully saturated rings. The van der Waals surface area contributed by atoms with Crippen molar-refractivity contribution in [1.82, 2.24) is 0 Å². The van der Waals surface area contributed by atoms with Crippen LogP contribution in [0.15, 0.2) is 60.7 Å². The smallest absolute Gasteiger partial charge is 0.439 e. The van der Waals surface area contributed by atoms with Crippen molar-refractivity contribution in [1.29, 1.82) is 0 Å². The highest BCUT2D eigenvalue weighted by Crippen LogP contribution is 2.57. The summed E-state index contributed by atoms with van der Waals surface area (Å²) in [6.45, 7) is 25.6. The third-order valence-electron chi connectivity index (χ3n) is 12.0. The molecule has 4 nitrogen and oxygen atoms in total. The van der Waals surface area contributed by atoms with Crippen LogP contribution in [0, 0.1) is 0 Å². The summed E-state index contributed by atoms with van der Waals surface area (Å²) in [5.74, 6) is 0. The Bertz CT molecular complexity index is 1910. The average Bonchev–Trinajstić information content (AvgIpc) is 3.43. The van der Waals surface area contributed by atoms with E-state index in [1.807, 2.05) is 35.2 Å². The van der Waals surface area contributed by atoms with Crippen LogP contribution >= 0.6 is 0 Å². The van der Waals surface area contributed by atoms with Crippen LogP contribution in [-0.4, -0.2) is 42.1 Å². The average molecular weight is 614 g/mol. The van der Waals surface area contributed by atoms with Crippen LogP contribution in [0.5, 0.6) is 0 Å². The van der Waals surface area contributed by atoms with Crippen molar-refractivity contribution >= 4 is 36.3 Å². The van der Waals surface area contributed by atoms with Crippen LogP contribution in [0.4, 0.5) is 0 Å². The molecule has 4 aromatic carbocycles. The summed E-state index contributed by atoms with van der Waals surface area (Å²) in [4.78, 5) is 0. The maximum Gasteiger partial charge on any atom is 0.495 e. The molecule has 0 atom stereocenters. The Kier molecular flexibility index (Phi) is 6.61. The molecule has 1 radical (unpaired) electrons. The van der Waals surface area contributed by atoms with E-state index < -0.39 is 29.5 Å². The first kappa shape index (κ1) is 31.7. The standard InChI is InChI=1S/C40H47B2O4/c1-35(2)29-19-23(41-44-38(7,8)37(5,6)43)17-18-24(29)27-20-31-28(21-30(27)35)34-26-16-14-13-15-25(26)33(22-32(34)36(31,3)4)42-45-39(9,10)40(11,12)46-42/h13-22,43H,1-12H3/p+1. The van der Waals surface area contributed by atoms with Gasteiger partial charge in [-0.1, -0.05) is 81.7 Å². The van der Waals surface area contributed by atoms with Crippen LogP contribution in [0.2, 0.25) is 0 Å². The molecule has 0 amide bonds. The monoisotopic (exact) mass is 614 g/mol. The maximum absolute atomic E-state index is 8.50. The van der Waals surface area contributed by atoms with Gasteiger partial charge < -0.3 is 19.1 Å². The summed E-state index contributed by atoms with van der Waals surface area (Å²) in [7, 11) is 1.40. The van der Waals surface area contributed by atoms with Crippen LogP contribution in [0.25, 0.3) is 33.0 Å². The molecule has 0 bridgehead atoms. The predicted molar refractivity (Wildman–Crippen MR) is 193 cm³/mol. The molecule has 46 heavy (non-hydrogen) atoms. The van der Waals surface area contributed by atoms with Gasteiger partial charge in [0.1, 0.15) is 5.60 Å². The van der Waals surface area contributed by atoms with Gasteiger partial charge in [-0.25, -0.2) is 0 Å².